The summed E-state index contributed by atoms with van der Waals surface area (Å²) in [6.07, 6.45) is 4.21. The number of rotatable bonds is 4. The van der Waals surface area contributed by atoms with Crippen LogP contribution < -0.4 is 0 Å². The van der Waals surface area contributed by atoms with E-state index in [0.29, 0.717) is 18.4 Å². The van der Waals surface area contributed by atoms with E-state index in [4.69, 9.17) is 4.42 Å². The first-order valence-corrected chi connectivity index (χ1v) is 7.20. The molecule has 1 aromatic carbocycles. The molecule has 0 amide bonds. The Morgan fingerprint density at radius 3 is 2.81 bits per heavy atom. The second-order valence-electron chi connectivity index (χ2n) is 5.46. The van der Waals surface area contributed by atoms with E-state index < -0.39 is 0 Å². The van der Waals surface area contributed by atoms with Gasteiger partial charge in [-0.2, -0.15) is 5.10 Å². The molecule has 4 rings (SSSR count). The standard InChI is InChI=1S/C16H16N4O/c1-11-14(9-20-10-17-15(19-20)12-7-8-12)18-16(21-11)13-5-3-2-4-6-13/h2-6,10,12H,7-9H2,1H3. The minimum atomic E-state index is 0.574. The maximum absolute atomic E-state index is 5.77. The second kappa shape index (κ2) is 4.84. The third-order valence-corrected chi connectivity index (χ3v) is 3.72. The molecule has 0 atom stereocenters. The summed E-state index contributed by atoms with van der Waals surface area (Å²) >= 11 is 0. The number of aromatic nitrogens is 4. The van der Waals surface area contributed by atoms with E-state index >= 15 is 0 Å². The zero-order valence-corrected chi connectivity index (χ0v) is 11.9. The Labute approximate surface area is 122 Å². The Bertz CT molecular complexity index is 756. The molecule has 0 saturated heterocycles. The molecule has 1 aliphatic carbocycles. The van der Waals surface area contributed by atoms with Crippen LogP contribution in [0.15, 0.2) is 41.1 Å². The van der Waals surface area contributed by atoms with Crippen molar-refractivity contribution in [3.63, 3.8) is 0 Å². The Hall–Kier alpha value is -2.43. The molecular weight excluding hydrogens is 264 g/mol. The first-order chi connectivity index (χ1) is 10.3. The van der Waals surface area contributed by atoms with Crippen LogP contribution in [0.5, 0.6) is 0 Å². The van der Waals surface area contributed by atoms with E-state index in [1.807, 2.05) is 41.9 Å². The van der Waals surface area contributed by atoms with Crippen molar-refractivity contribution in [1.82, 2.24) is 19.7 Å². The summed E-state index contributed by atoms with van der Waals surface area (Å²) in [5, 5.41) is 4.51. The highest BCUT2D eigenvalue weighted by atomic mass is 16.4. The number of aryl methyl sites for hydroxylation is 1. The number of hydrogen-bond donors (Lipinski definition) is 0. The van der Waals surface area contributed by atoms with Gasteiger partial charge in [0, 0.05) is 11.5 Å². The molecule has 1 fully saturated rings. The van der Waals surface area contributed by atoms with Crippen LogP contribution in [-0.2, 0) is 6.54 Å². The topological polar surface area (TPSA) is 56.7 Å². The van der Waals surface area contributed by atoms with Gasteiger partial charge in [0.2, 0.25) is 5.89 Å². The summed E-state index contributed by atoms with van der Waals surface area (Å²) in [6, 6.07) is 9.93. The Morgan fingerprint density at radius 1 is 1.24 bits per heavy atom. The van der Waals surface area contributed by atoms with Crippen molar-refractivity contribution in [3.05, 3.63) is 53.9 Å². The number of hydrogen-bond acceptors (Lipinski definition) is 4. The van der Waals surface area contributed by atoms with Gasteiger partial charge in [-0.25, -0.2) is 14.6 Å². The van der Waals surface area contributed by atoms with E-state index in [2.05, 4.69) is 15.1 Å². The third kappa shape index (κ3) is 2.46. The van der Waals surface area contributed by atoms with Gasteiger partial charge in [-0.15, -0.1) is 0 Å². The monoisotopic (exact) mass is 280 g/mol. The van der Waals surface area contributed by atoms with Gasteiger partial charge in [0.05, 0.1) is 6.54 Å². The normalized spacial score (nSPS) is 14.5. The van der Waals surface area contributed by atoms with Crippen LogP contribution >= 0.6 is 0 Å². The predicted molar refractivity (Wildman–Crippen MR) is 77.8 cm³/mol. The van der Waals surface area contributed by atoms with Gasteiger partial charge >= 0.3 is 0 Å². The van der Waals surface area contributed by atoms with Crippen LogP contribution in [0.25, 0.3) is 11.5 Å². The van der Waals surface area contributed by atoms with Crippen LogP contribution in [0.3, 0.4) is 0 Å². The summed E-state index contributed by atoms with van der Waals surface area (Å²) in [5.74, 6) is 3.02. The molecule has 21 heavy (non-hydrogen) atoms. The SMILES string of the molecule is Cc1oc(-c2ccccc2)nc1Cn1cnc(C2CC2)n1. The largest absolute Gasteiger partial charge is 0.441 e. The number of oxazole rings is 1. The van der Waals surface area contributed by atoms with Crippen molar-refractivity contribution in [3.8, 4) is 11.5 Å². The van der Waals surface area contributed by atoms with Crippen molar-refractivity contribution in [2.24, 2.45) is 0 Å². The average Bonchev–Trinajstić information content (AvgIpc) is 3.16. The highest BCUT2D eigenvalue weighted by Gasteiger charge is 2.27. The van der Waals surface area contributed by atoms with Gasteiger partial charge in [-0.3, -0.25) is 0 Å². The van der Waals surface area contributed by atoms with Gasteiger partial charge in [0.15, 0.2) is 5.82 Å². The first kappa shape index (κ1) is 12.3. The van der Waals surface area contributed by atoms with Gasteiger partial charge < -0.3 is 4.42 Å². The van der Waals surface area contributed by atoms with Crippen molar-refractivity contribution in [1.29, 1.82) is 0 Å². The van der Waals surface area contributed by atoms with Gasteiger partial charge in [0.25, 0.3) is 0 Å². The fourth-order valence-corrected chi connectivity index (χ4v) is 2.35. The lowest BCUT2D eigenvalue weighted by Crippen LogP contribution is -2.02. The van der Waals surface area contributed by atoms with Crippen LogP contribution in [0.4, 0.5) is 0 Å². The van der Waals surface area contributed by atoms with Crippen LogP contribution in [-0.4, -0.2) is 19.7 Å². The zero-order valence-electron chi connectivity index (χ0n) is 11.9. The van der Waals surface area contributed by atoms with Crippen molar-refractivity contribution < 1.29 is 4.42 Å². The Balaban J connectivity index is 1.58. The van der Waals surface area contributed by atoms with Crippen molar-refractivity contribution >= 4 is 0 Å². The molecule has 2 heterocycles. The lowest BCUT2D eigenvalue weighted by Gasteiger charge is -1.96. The molecule has 0 bridgehead atoms. The van der Waals surface area contributed by atoms with Gasteiger partial charge in [-0.05, 0) is 31.9 Å². The Kier molecular flexibility index (Phi) is 2.84. The van der Waals surface area contributed by atoms with Gasteiger partial charge in [0.1, 0.15) is 17.8 Å². The van der Waals surface area contributed by atoms with Crippen LogP contribution in [0.1, 0.15) is 36.0 Å². The molecule has 1 aliphatic rings. The highest BCUT2D eigenvalue weighted by Crippen LogP contribution is 2.37. The van der Waals surface area contributed by atoms with Crippen molar-refractivity contribution in [2.45, 2.75) is 32.2 Å². The smallest absolute Gasteiger partial charge is 0.226 e. The molecular formula is C16H16N4O. The number of benzene rings is 1. The van der Waals surface area contributed by atoms with Crippen molar-refractivity contribution in [2.75, 3.05) is 0 Å². The molecule has 0 radical (unpaired) electrons. The molecule has 5 nitrogen and oxygen atoms in total. The minimum absolute atomic E-state index is 0.574. The average molecular weight is 280 g/mol. The second-order valence-corrected chi connectivity index (χ2v) is 5.46. The Morgan fingerprint density at radius 2 is 2.05 bits per heavy atom. The summed E-state index contributed by atoms with van der Waals surface area (Å²) in [7, 11) is 0. The molecule has 0 aliphatic heterocycles. The fraction of sp³-hybridized carbons (Fsp3) is 0.312. The van der Waals surface area contributed by atoms with Crippen LogP contribution in [0.2, 0.25) is 0 Å². The molecule has 106 valence electrons. The summed E-state index contributed by atoms with van der Waals surface area (Å²) < 4.78 is 7.61. The molecule has 5 heteroatoms. The zero-order chi connectivity index (χ0) is 14.2. The summed E-state index contributed by atoms with van der Waals surface area (Å²) in [4.78, 5) is 8.95. The van der Waals surface area contributed by atoms with E-state index in [0.717, 1.165) is 22.8 Å². The molecule has 1 saturated carbocycles. The van der Waals surface area contributed by atoms with E-state index in [9.17, 15) is 0 Å². The summed E-state index contributed by atoms with van der Waals surface area (Å²) in [6.45, 7) is 2.54. The quantitative estimate of drug-likeness (QED) is 0.736. The van der Waals surface area contributed by atoms with Gasteiger partial charge in [-0.1, -0.05) is 18.2 Å². The molecule has 3 aromatic rings. The summed E-state index contributed by atoms with van der Waals surface area (Å²) in [5.41, 5.74) is 1.89. The van der Waals surface area contributed by atoms with E-state index in [-0.39, 0.29) is 0 Å². The van der Waals surface area contributed by atoms with E-state index in [1.165, 1.54) is 12.8 Å². The maximum atomic E-state index is 5.77. The van der Waals surface area contributed by atoms with Crippen LogP contribution in [0, 0.1) is 6.92 Å². The number of nitrogens with zero attached hydrogens (tertiary/aromatic N) is 4. The molecule has 0 N–H and O–H groups in total. The van der Waals surface area contributed by atoms with E-state index in [1.54, 1.807) is 6.33 Å². The third-order valence-electron chi connectivity index (χ3n) is 3.72. The molecule has 2 aromatic heterocycles. The molecule has 0 spiro atoms. The highest BCUT2D eigenvalue weighted by molar-refractivity contribution is 5.53. The first-order valence-electron chi connectivity index (χ1n) is 7.20. The molecule has 0 unspecified atom stereocenters. The predicted octanol–water partition coefficient (Wildman–Crippen LogP) is 3.17. The minimum Gasteiger partial charge on any atom is -0.441 e. The lowest BCUT2D eigenvalue weighted by molar-refractivity contribution is 0.535. The maximum Gasteiger partial charge on any atom is 0.226 e. The fourth-order valence-electron chi connectivity index (χ4n) is 2.35. The lowest BCUT2D eigenvalue weighted by atomic mass is 10.2.